The first-order chi connectivity index (χ1) is 8.25. The molecule has 2 aromatic rings. The van der Waals surface area contributed by atoms with Crippen molar-refractivity contribution in [3.8, 4) is 11.5 Å². The van der Waals surface area contributed by atoms with Gasteiger partial charge in [0.2, 0.25) is 0 Å². The maximum Gasteiger partial charge on any atom is 0.256 e. The van der Waals surface area contributed by atoms with Crippen molar-refractivity contribution in [1.82, 2.24) is 20.3 Å². The molecule has 0 radical (unpaired) electrons. The third-order valence-corrected chi connectivity index (χ3v) is 2.93. The maximum atomic E-state index is 11.9. The van der Waals surface area contributed by atoms with Gasteiger partial charge in [0.05, 0.1) is 11.3 Å². The lowest BCUT2D eigenvalue weighted by molar-refractivity contribution is 0.757. The molecule has 1 aliphatic heterocycles. The summed E-state index contributed by atoms with van der Waals surface area (Å²) in [5.41, 5.74) is 3.23. The van der Waals surface area contributed by atoms with E-state index in [1.807, 2.05) is 19.1 Å². The second-order valence-electron chi connectivity index (χ2n) is 4.11. The Kier molecular flexibility index (Phi) is 2.26. The SMILES string of the molecule is Cc1cccnc1-c1nc2c(c(=O)[nH]1)CNC2. The molecule has 0 bridgehead atoms. The zero-order valence-electron chi connectivity index (χ0n) is 9.45. The molecule has 17 heavy (non-hydrogen) atoms. The van der Waals surface area contributed by atoms with Crippen LogP contribution in [0.1, 0.15) is 16.8 Å². The Balaban J connectivity index is 2.20. The van der Waals surface area contributed by atoms with E-state index in [0.717, 1.165) is 22.5 Å². The van der Waals surface area contributed by atoms with Crippen LogP contribution in [-0.2, 0) is 13.1 Å². The van der Waals surface area contributed by atoms with Gasteiger partial charge in [0.15, 0.2) is 5.82 Å². The average Bonchev–Trinajstić information content (AvgIpc) is 2.78. The fourth-order valence-electron chi connectivity index (χ4n) is 2.02. The monoisotopic (exact) mass is 228 g/mol. The maximum absolute atomic E-state index is 11.9. The first-order valence-electron chi connectivity index (χ1n) is 5.50. The van der Waals surface area contributed by atoms with Gasteiger partial charge in [-0.3, -0.25) is 9.78 Å². The van der Waals surface area contributed by atoms with Crippen LogP contribution >= 0.6 is 0 Å². The number of aromatic nitrogens is 3. The average molecular weight is 228 g/mol. The van der Waals surface area contributed by atoms with Gasteiger partial charge in [-0.05, 0) is 18.6 Å². The summed E-state index contributed by atoms with van der Waals surface area (Å²) in [5, 5.41) is 3.12. The minimum absolute atomic E-state index is 0.0694. The van der Waals surface area contributed by atoms with E-state index < -0.39 is 0 Å². The van der Waals surface area contributed by atoms with E-state index in [0.29, 0.717) is 18.9 Å². The molecule has 2 aromatic heterocycles. The number of hydrogen-bond acceptors (Lipinski definition) is 4. The van der Waals surface area contributed by atoms with Crippen molar-refractivity contribution in [2.45, 2.75) is 20.0 Å². The van der Waals surface area contributed by atoms with E-state index in [2.05, 4.69) is 20.3 Å². The first-order valence-corrected chi connectivity index (χ1v) is 5.50. The number of fused-ring (bicyclic) bond motifs is 1. The molecule has 0 aliphatic carbocycles. The van der Waals surface area contributed by atoms with Gasteiger partial charge in [-0.25, -0.2) is 4.98 Å². The van der Waals surface area contributed by atoms with Crippen molar-refractivity contribution in [3.63, 3.8) is 0 Å². The predicted octanol–water partition coefficient (Wildman–Crippen LogP) is 0.744. The van der Waals surface area contributed by atoms with E-state index >= 15 is 0 Å². The van der Waals surface area contributed by atoms with Crippen molar-refractivity contribution >= 4 is 0 Å². The quantitative estimate of drug-likeness (QED) is 0.755. The summed E-state index contributed by atoms with van der Waals surface area (Å²) in [4.78, 5) is 23.4. The smallest absolute Gasteiger partial charge is 0.256 e. The molecule has 0 unspecified atom stereocenters. The highest BCUT2D eigenvalue weighted by molar-refractivity contribution is 5.54. The Hall–Kier alpha value is -2.01. The topological polar surface area (TPSA) is 70.7 Å². The van der Waals surface area contributed by atoms with Gasteiger partial charge in [0.25, 0.3) is 5.56 Å². The minimum atomic E-state index is -0.0694. The zero-order chi connectivity index (χ0) is 11.8. The summed E-state index contributed by atoms with van der Waals surface area (Å²) in [6, 6.07) is 3.82. The zero-order valence-corrected chi connectivity index (χ0v) is 9.45. The second kappa shape index (κ2) is 3.78. The van der Waals surface area contributed by atoms with Gasteiger partial charge in [0.1, 0.15) is 5.69 Å². The summed E-state index contributed by atoms with van der Waals surface area (Å²) < 4.78 is 0. The first kappa shape index (κ1) is 10.2. The molecule has 0 fully saturated rings. The number of nitrogens with zero attached hydrogens (tertiary/aromatic N) is 2. The predicted molar refractivity (Wildman–Crippen MR) is 63.4 cm³/mol. The van der Waals surface area contributed by atoms with Crippen molar-refractivity contribution in [2.75, 3.05) is 0 Å². The molecule has 0 saturated carbocycles. The lowest BCUT2D eigenvalue weighted by Crippen LogP contribution is -2.16. The number of nitrogens with one attached hydrogen (secondary N) is 2. The summed E-state index contributed by atoms with van der Waals surface area (Å²) in [6.07, 6.45) is 1.70. The lowest BCUT2D eigenvalue weighted by atomic mass is 10.2. The third kappa shape index (κ3) is 1.64. The van der Waals surface area contributed by atoms with Crippen LogP contribution in [0.25, 0.3) is 11.5 Å². The van der Waals surface area contributed by atoms with Gasteiger partial charge in [0, 0.05) is 19.3 Å². The van der Waals surface area contributed by atoms with Crippen LogP contribution in [0.2, 0.25) is 0 Å². The van der Waals surface area contributed by atoms with Gasteiger partial charge >= 0.3 is 0 Å². The number of pyridine rings is 1. The van der Waals surface area contributed by atoms with E-state index in [1.54, 1.807) is 6.20 Å². The van der Waals surface area contributed by atoms with Crippen LogP contribution in [0.15, 0.2) is 23.1 Å². The second-order valence-corrected chi connectivity index (χ2v) is 4.11. The molecule has 0 aromatic carbocycles. The fraction of sp³-hybridized carbons (Fsp3) is 0.250. The number of aromatic amines is 1. The van der Waals surface area contributed by atoms with E-state index in [1.165, 1.54) is 0 Å². The van der Waals surface area contributed by atoms with Crippen molar-refractivity contribution in [1.29, 1.82) is 0 Å². The molecule has 0 amide bonds. The van der Waals surface area contributed by atoms with Gasteiger partial charge < -0.3 is 10.3 Å². The van der Waals surface area contributed by atoms with Crippen molar-refractivity contribution in [3.05, 3.63) is 45.5 Å². The van der Waals surface area contributed by atoms with Gasteiger partial charge in [-0.2, -0.15) is 0 Å². The highest BCUT2D eigenvalue weighted by Crippen LogP contribution is 2.17. The Labute approximate surface area is 97.9 Å². The largest absolute Gasteiger partial charge is 0.307 e. The molecule has 5 nitrogen and oxygen atoms in total. The van der Waals surface area contributed by atoms with E-state index in [4.69, 9.17) is 0 Å². The van der Waals surface area contributed by atoms with Gasteiger partial charge in [-0.15, -0.1) is 0 Å². The molecule has 0 atom stereocenters. The highest BCUT2D eigenvalue weighted by atomic mass is 16.1. The molecule has 0 spiro atoms. The minimum Gasteiger partial charge on any atom is -0.307 e. The van der Waals surface area contributed by atoms with Crippen molar-refractivity contribution < 1.29 is 0 Å². The molecular formula is C12H12N4O. The van der Waals surface area contributed by atoms with Crippen LogP contribution in [0.5, 0.6) is 0 Å². The molecule has 86 valence electrons. The summed E-state index contributed by atoms with van der Waals surface area (Å²) >= 11 is 0. The number of hydrogen-bond donors (Lipinski definition) is 2. The molecule has 3 heterocycles. The normalized spacial score (nSPS) is 13.7. The highest BCUT2D eigenvalue weighted by Gasteiger charge is 2.17. The molecule has 0 saturated heterocycles. The Bertz CT molecular complexity index is 633. The summed E-state index contributed by atoms with van der Waals surface area (Å²) in [5.74, 6) is 0.551. The van der Waals surface area contributed by atoms with Crippen LogP contribution in [0, 0.1) is 6.92 Å². The fourth-order valence-corrected chi connectivity index (χ4v) is 2.02. The Morgan fingerprint density at radius 3 is 3.06 bits per heavy atom. The number of H-pyrrole nitrogens is 1. The van der Waals surface area contributed by atoms with Crippen LogP contribution in [0.3, 0.4) is 0 Å². The van der Waals surface area contributed by atoms with Gasteiger partial charge in [-0.1, -0.05) is 6.07 Å². The van der Waals surface area contributed by atoms with E-state index in [-0.39, 0.29) is 5.56 Å². The molecule has 2 N–H and O–H groups in total. The Morgan fingerprint density at radius 1 is 1.35 bits per heavy atom. The molecule has 5 heteroatoms. The third-order valence-electron chi connectivity index (χ3n) is 2.93. The number of rotatable bonds is 1. The van der Waals surface area contributed by atoms with Crippen molar-refractivity contribution in [2.24, 2.45) is 0 Å². The lowest BCUT2D eigenvalue weighted by Gasteiger charge is -2.05. The Morgan fingerprint density at radius 2 is 2.24 bits per heavy atom. The van der Waals surface area contributed by atoms with Crippen LogP contribution in [0.4, 0.5) is 0 Å². The van der Waals surface area contributed by atoms with E-state index in [9.17, 15) is 4.79 Å². The summed E-state index contributed by atoms with van der Waals surface area (Å²) in [6.45, 7) is 3.20. The summed E-state index contributed by atoms with van der Waals surface area (Å²) in [7, 11) is 0. The molecule has 3 rings (SSSR count). The van der Waals surface area contributed by atoms with Crippen LogP contribution in [-0.4, -0.2) is 15.0 Å². The number of aryl methyl sites for hydroxylation is 1. The molecule has 1 aliphatic rings. The van der Waals surface area contributed by atoms with Crippen LogP contribution < -0.4 is 10.9 Å². The molecular weight excluding hydrogens is 216 g/mol. The standard InChI is InChI=1S/C12H12N4O/c1-7-3-2-4-14-10(7)11-15-9-6-13-5-8(9)12(17)16-11/h2-4,13H,5-6H2,1H3,(H,15,16,17).